The summed E-state index contributed by atoms with van der Waals surface area (Å²) >= 11 is 3.46. The predicted molar refractivity (Wildman–Crippen MR) is 77.1 cm³/mol. The number of carboxylic acids is 1. The molecule has 1 aliphatic rings. The molecule has 1 saturated heterocycles. The third kappa shape index (κ3) is 2.48. The van der Waals surface area contributed by atoms with E-state index in [2.05, 4.69) is 37.2 Å². The van der Waals surface area contributed by atoms with Crippen molar-refractivity contribution in [3.05, 3.63) is 40.1 Å². The number of rotatable bonds is 3. The van der Waals surface area contributed by atoms with Gasteiger partial charge in [-0.2, -0.15) is 5.26 Å². The minimum atomic E-state index is -1.08. The Morgan fingerprint density at radius 1 is 1.48 bits per heavy atom. The number of nitrogens with zero attached hydrogens (tertiary/aromatic N) is 5. The normalized spacial score (nSPS) is 14.6. The maximum atomic E-state index is 10.8. The lowest BCUT2D eigenvalue weighted by molar-refractivity contribution is 0.0690. The first-order chi connectivity index (χ1) is 10.1. The lowest BCUT2D eigenvalue weighted by atomic mass is 10.1. The molecule has 0 radical (unpaired) electrons. The lowest BCUT2D eigenvalue weighted by Gasteiger charge is -2.41. The quantitative estimate of drug-likeness (QED) is 0.907. The van der Waals surface area contributed by atoms with Crippen LogP contribution in [0.1, 0.15) is 22.1 Å². The molecule has 1 N–H and O–H groups in total. The van der Waals surface area contributed by atoms with Crippen LogP contribution in [0.4, 0.5) is 5.69 Å². The SMILES string of the molecule is N#Cc1ccc(N2CC(n3cc(C(=O)O)nn3)C2)c(Br)c1. The summed E-state index contributed by atoms with van der Waals surface area (Å²) in [7, 11) is 0. The Balaban J connectivity index is 1.70. The van der Waals surface area contributed by atoms with Gasteiger partial charge in [0.2, 0.25) is 0 Å². The molecule has 2 aromatic rings. The molecule has 8 heteroatoms. The Bertz CT molecular complexity index is 745. The van der Waals surface area contributed by atoms with Crippen LogP contribution in [0.25, 0.3) is 0 Å². The number of hydrogen-bond donors (Lipinski definition) is 1. The maximum Gasteiger partial charge on any atom is 0.358 e. The van der Waals surface area contributed by atoms with Crippen LogP contribution >= 0.6 is 15.9 Å². The Labute approximate surface area is 128 Å². The highest BCUT2D eigenvalue weighted by molar-refractivity contribution is 9.10. The van der Waals surface area contributed by atoms with E-state index in [-0.39, 0.29) is 11.7 Å². The molecular weight excluding hydrogens is 338 g/mol. The van der Waals surface area contributed by atoms with E-state index in [4.69, 9.17) is 10.4 Å². The monoisotopic (exact) mass is 347 g/mol. The van der Waals surface area contributed by atoms with Gasteiger partial charge in [0.15, 0.2) is 5.69 Å². The molecule has 0 aliphatic carbocycles. The van der Waals surface area contributed by atoms with Crippen molar-refractivity contribution >= 4 is 27.6 Å². The van der Waals surface area contributed by atoms with E-state index < -0.39 is 5.97 Å². The van der Waals surface area contributed by atoms with E-state index in [9.17, 15) is 4.79 Å². The van der Waals surface area contributed by atoms with E-state index in [1.165, 1.54) is 6.20 Å². The fourth-order valence-electron chi connectivity index (χ4n) is 2.21. The van der Waals surface area contributed by atoms with Crippen LogP contribution in [0.5, 0.6) is 0 Å². The number of carbonyl (C=O) groups is 1. The zero-order chi connectivity index (χ0) is 15.0. The van der Waals surface area contributed by atoms with Gasteiger partial charge in [0.1, 0.15) is 0 Å². The summed E-state index contributed by atoms with van der Waals surface area (Å²) in [6.45, 7) is 1.43. The third-order valence-corrected chi connectivity index (χ3v) is 4.02. The predicted octanol–water partition coefficient (Wildman–Crippen LogP) is 1.67. The summed E-state index contributed by atoms with van der Waals surface area (Å²) in [5.41, 5.74) is 1.56. The molecule has 21 heavy (non-hydrogen) atoms. The van der Waals surface area contributed by atoms with Gasteiger partial charge in [0.05, 0.1) is 29.6 Å². The van der Waals surface area contributed by atoms with Crippen LogP contribution in [0, 0.1) is 11.3 Å². The van der Waals surface area contributed by atoms with Gasteiger partial charge in [0, 0.05) is 17.6 Å². The van der Waals surface area contributed by atoms with Crippen LogP contribution in [-0.4, -0.2) is 39.2 Å². The van der Waals surface area contributed by atoms with E-state index in [0.717, 1.165) is 10.2 Å². The number of carboxylic acid groups (broad SMARTS) is 1. The molecular formula is C13H10BrN5O2. The Morgan fingerprint density at radius 2 is 2.24 bits per heavy atom. The number of benzene rings is 1. The lowest BCUT2D eigenvalue weighted by Crippen LogP contribution is -2.48. The molecule has 0 saturated carbocycles. The van der Waals surface area contributed by atoms with Gasteiger partial charge in [-0.15, -0.1) is 5.10 Å². The van der Waals surface area contributed by atoms with Crippen molar-refractivity contribution < 1.29 is 9.90 Å². The van der Waals surface area contributed by atoms with E-state index in [1.807, 2.05) is 6.07 Å². The molecule has 106 valence electrons. The third-order valence-electron chi connectivity index (χ3n) is 3.38. The number of hydrogen-bond acceptors (Lipinski definition) is 5. The van der Waals surface area contributed by atoms with Gasteiger partial charge in [-0.25, -0.2) is 9.48 Å². The number of halogens is 1. The van der Waals surface area contributed by atoms with Crippen molar-refractivity contribution in [3.63, 3.8) is 0 Å². The van der Waals surface area contributed by atoms with Crippen molar-refractivity contribution in [2.45, 2.75) is 6.04 Å². The van der Waals surface area contributed by atoms with Gasteiger partial charge < -0.3 is 10.0 Å². The molecule has 0 spiro atoms. The van der Waals surface area contributed by atoms with Gasteiger partial charge in [-0.05, 0) is 34.1 Å². The van der Waals surface area contributed by atoms with Crippen LogP contribution in [0.3, 0.4) is 0 Å². The maximum absolute atomic E-state index is 10.8. The van der Waals surface area contributed by atoms with Crippen molar-refractivity contribution in [1.82, 2.24) is 15.0 Å². The highest BCUT2D eigenvalue weighted by Crippen LogP contribution is 2.33. The average Bonchev–Trinajstić information content (AvgIpc) is 2.88. The Morgan fingerprint density at radius 3 is 2.81 bits per heavy atom. The Kier molecular flexibility index (Phi) is 3.35. The first kappa shape index (κ1) is 13.6. The van der Waals surface area contributed by atoms with Gasteiger partial charge in [-0.1, -0.05) is 5.21 Å². The average molecular weight is 348 g/mol. The topological polar surface area (TPSA) is 95.0 Å². The van der Waals surface area contributed by atoms with E-state index in [0.29, 0.717) is 18.7 Å². The van der Waals surface area contributed by atoms with Crippen LogP contribution in [0.15, 0.2) is 28.9 Å². The number of nitriles is 1. The van der Waals surface area contributed by atoms with Gasteiger partial charge in [0.25, 0.3) is 0 Å². The van der Waals surface area contributed by atoms with Gasteiger partial charge >= 0.3 is 5.97 Å². The fourth-order valence-corrected chi connectivity index (χ4v) is 2.83. The molecule has 1 aromatic carbocycles. The zero-order valence-corrected chi connectivity index (χ0v) is 12.4. The fraction of sp³-hybridized carbons (Fsp3) is 0.231. The van der Waals surface area contributed by atoms with Crippen LogP contribution in [-0.2, 0) is 0 Å². The molecule has 0 bridgehead atoms. The summed E-state index contributed by atoms with van der Waals surface area (Å²) in [6, 6.07) is 7.64. The number of aromatic carboxylic acids is 1. The summed E-state index contributed by atoms with van der Waals surface area (Å²) in [5, 5.41) is 25.1. The summed E-state index contributed by atoms with van der Waals surface area (Å²) < 4.78 is 2.45. The highest BCUT2D eigenvalue weighted by Gasteiger charge is 2.31. The summed E-state index contributed by atoms with van der Waals surface area (Å²) in [4.78, 5) is 12.9. The van der Waals surface area contributed by atoms with Crippen LogP contribution in [0.2, 0.25) is 0 Å². The highest BCUT2D eigenvalue weighted by atomic mass is 79.9. The second kappa shape index (κ2) is 5.18. The largest absolute Gasteiger partial charge is 0.476 e. The van der Waals surface area contributed by atoms with Gasteiger partial charge in [-0.3, -0.25) is 0 Å². The molecule has 1 fully saturated rings. The van der Waals surface area contributed by atoms with Crippen molar-refractivity contribution in [2.75, 3.05) is 18.0 Å². The molecule has 2 heterocycles. The summed E-state index contributed by atoms with van der Waals surface area (Å²) in [6.07, 6.45) is 1.44. The standard InChI is InChI=1S/C13H10BrN5O2/c14-10-3-8(4-15)1-2-12(10)18-5-9(6-18)19-7-11(13(20)21)16-17-19/h1-3,7,9H,5-6H2,(H,20,21). The second-order valence-electron chi connectivity index (χ2n) is 4.73. The van der Waals surface area contributed by atoms with E-state index in [1.54, 1.807) is 16.8 Å². The number of aromatic nitrogens is 3. The minimum absolute atomic E-state index is 0.0481. The summed E-state index contributed by atoms with van der Waals surface area (Å²) in [5.74, 6) is -1.08. The minimum Gasteiger partial charge on any atom is -0.476 e. The second-order valence-corrected chi connectivity index (χ2v) is 5.58. The molecule has 1 aliphatic heterocycles. The molecule has 0 amide bonds. The number of anilines is 1. The first-order valence-electron chi connectivity index (χ1n) is 6.18. The van der Waals surface area contributed by atoms with E-state index >= 15 is 0 Å². The van der Waals surface area contributed by atoms with Crippen molar-refractivity contribution in [3.8, 4) is 6.07 Å². The van der Waals surface area contributed by atoms with Crippen molar-refractivity contribution in [2.24, 2.45) is 0 Å². The first-order valence-corrected chi connectivity index (χ1v) is 6.97. The molecule has 1 aromatic heterocycles. The zero-order valence-electron chi connectivity index (χ0n) is 10.8. The molecule has 0 unspecified atom stereocenters. The molecule has 7 nitrogen and oxygen atoms in total. The van der Waals surface area contributed by atoms with Crippen molar-refractivity contribution in [1.29, 1.82) is 5.26 Å². The molecule has 3 rings (SSSR count). The Hall–Kier alpha value is -2.40. The molecule has 0 atom stereocenters. The van der Waals surface area contributed by atoms with Crippen LogP contribution < -0.4 is 4.90 Å². The smallest absolute Gasteiger partial charge is 0.358 e.